The zero-order valence-electron chi connectivity index (χ0n) is 7.27. The van der Waals surface area contributed by atoms with Crippen LogP contribution >= 0.6 is 15.9 Å². The van der Waals surface area contributed by atoms with E-state index in [9.17, 15) is 9.90 Å². The number of phenols is 1. The summed E-state index contributed by atoms with van der Waals surface area (Å²) in [6.45, 7) is 0. The van der Waals surface area contributed by atoms with Crippen LogP contribution in [0.25, 0.3) is 6.08 Å². The summed E-state index contributed by atoms with van der Waals surface area (Å²) in [4.78, 5) is 10.6. The molecule has 0 amide bonds. The van der Waals surface area contributed by atoms with Crippen LogP contribution in [0.2, 0.25) is 0 Å². The SMILES string of the molecule is O=C(O)c1ccc(C=CCBr)cc1O. The monoisotopic (exact) mass is 256 g/mol. The molecule has 0 bridgehead atoms. The Labute approximate surface area is 89.8 Å². The van der Waals surface area contributed by atoms with Gasteiger partial charge in [-0.25, -0.2) is 4.79 Å². The van der Waals surface area contributed by atoms with E-state index in [1.54, 1.807) is 12.1 Å². The van der Waals surface area contributed by atoms with E-state index in [4.69, 9.17) is 5.11 Å². The Bertz CT molecular complexity index is 372. The Morgan fingerprint density at radius 3 is 2.71 bits per heavy atom. The van der Waals surface area contributed by atoms with Crippen molar-refractivity contribution >= 4 is 28.0 Å². The number of benzene rings is 1. The normalized spacial score (nSPS) is 10.6. The van der Waals surface area contributed by atoms with E-state index < -0.39 is 5.97 Å². The zero-order chi connectivity index (χ0) is 10.6. The lowest BCUT2D eigenvalue weighted by Crippen LogP contribution is -1.96. The van der Waals surface area contributed by atoms with Gasteiger partial charge in [-0.1, -0.05) is 34.1 Å². The minimum atomic E-state index is -1.13. The third-order valence-corrected chi connectivity index (χ3v) is 2.03. The van der Waals surface area contributed by atoms with Crippen molar-refractivity contribution in [1.82, 2.24) is 0 Å². The van der Waals surface area contributed by atoms with Gasteiger partial charge in [-0.2, -0.15) is 0 Å². The van der Waals surface area contributed by atoms with E-state index in [0.717, 1.165) is 5.56 Å². The summed E-state index contributed by atoms with van der Waals surface area (Å²) in [5.41, 5.74) is 0.688. The fraction of sp³-hybridized carbons (Fsp3) is 0.100. The molecule has 0 radical (unpaired) electrons. The van der Waals surface area contributed by atoms with E-state index in [1.165, 1.54) is 12.1 Å². The molecule has 3 nitrogen and oxygen atoms in total. The standard InChI is InChI=1S/C10H9BrO3/c11-5-1-2-7-3-4-8(10(13)14)9(12)6-7/h1-4,6,12H,5H2,(H,13,14). The molecule has 0 aliphatic carbocycles. The molecule has 0 spiro atoms. The van der Waals surface area contributed by atoms with Gasteiger partial charge < -0.3 is 10.2 Å². The van der Waals surface area contributed by atoms with Gasteiger partial charge in [0.15, 0.2) is 0 Å². The van der Waals surface area contributed by atoms with Gasteiger partial charge in [0.2, 0.25) is 0 Å². The van der Waals surface area contributed by atoms with Crippen LogP contribution in [0.4, 0.5) is 0 Å². The first-order chi connectivity index (χ1) is 6.65. The number of hydrogen-bond donors (Lipinski definition) is 2. The Morgan fingerprint density at radius 2 is 2.21 bits per heavy atom. The lowest BCUT2D eigenvalue weighted by atomic mass is 10.1. The molecule has 74 valence electrons. The molecule has 0 fully saturated rings. The highest BCUT2D eigenvalue weighted by Gasteiger charge is 2.08. The molecule has 0 aliphatic heterocycles. The van der Waals surface area contributed by atoms with E-state index in [0.29, 0.717) is 5.33 Å². The number of aromatic hydroxyl groups is 1. The van der Waals surface area contributed by atoms with Crippen molar-refractivity contribution in [3.8, 4) is 5.75 Å². The summed E-state index contributed by atoms with van der Waals surface area (Å²) in [5.74, 6) is -1.34. The van der Waals surface area contributed by atoms with Gasteiger partial charge >= 0.3 is 5.97 Å². The lowest BCUT2D eigenvalue weighted by Gasteiger charge is -2.00. The zero-order valence-corrected chi connectivity index (χ0v) is 8.86. The predicted octanol–water partition coefficient (Wildman–Crippen LogP) is 2.50. The molecule has 4 heteroatoms. The summed E-state index contributed by atoms with van der Waals surface area (Å²) >= 11 is 3.22. The Balaban J connectivity index is 3.00. The molecule has 14 heavy (non-hydrogen) atoms. The average Bonchev–Trinajstić information content (AvgIpc) is 2.14. The van der Waals surface area contributed by atoms with Crippen molar-refractivity contribution in [2.45, 2.75) is 0 Å². The molecule has 1 rings (SSSR count). The fourth-order valence-corrected chi connectivity index (χ4v) is 1.20. The second-order valence-electron chi connectivity index (χ2n) is 2.64. The highest BCUT2D eigenvalue weighted by atomic mass is 79.9. The van der Waals surface area contributed by atoms with Crippen molar-refractivity contribution in [1.29, 1.82) is 0 Å². The van der Waals surface area contributed by atoms with Crippen LogP contribution in [0.3, 0.4) is 0 Å². The van der Waals surface area contributed by atoms with Crippen LogP contribution in [0.1, 0.15) is 15.9 Å². The van der Waals surface area contributed by atoms with Crippen LogP contribution in [0.5, 0.6) is 5.75 Å². The molecule has 0 saturated carbocycles. The molecule has 1 aromatic carbocycles. The molecular formula is C10H9BrO3. The van der Waals surface area contributed by atoms with E-state index >= 15 is 0 Å². The second kappa shape index (κ2) is 4.81. The van der Waals surface area contributed by atoms with Gasteiger partial charge in [0.1, 0.15) is 11.3 Å². The number of carbonyl (C=O) groups is 1. The second-order valence-corrected chi connectivity index (χ2v) is 3.29. The largest absolute Gasteiger partial charge is 0.507 e. The van der Waals surface area contributed by atoms with E-state index in [1.807, 2.05) is 6.08 Å². The molecule has 0 atom stereocenters. The highest BCUT2D eigenvalue weighted by molar-refractivity contribution is 9.09. The molecular weight excluding hydrogens is 248 g/mol. The molecule has 1 aromatic rings. The topological polar surface area (TPSA) is 57.5 Å². The number of carboxylic acids is 1. The number of hydrogen-bond acceptors (Lipinski definition) is 2. The van der Waals surface area contributed by atoms with Crippen LogP contribution in [-0.2, 0) is 0 Å². The van der Waals surface area contributed by atoms with E-state index in [2.05, 4.69) is 15.9 Å². The van der Waals surface area contributed by atoms with Crippen LogP contribution in [0, 0.1) is 0 Å². The van der Waals surface area contributed by atoms with Gasteiger partial charge in [-0.15, -0.1) is 0 Å². The summed E-state index contributed by atoms with van der Waals surface area (Å²) in [7, 11) is 0. The average molecular weight is 257 g/mol. The van der Waals surface area contributed by atoms with E-state index in [-0.39, 0.29) is 11.3 Å². The van der Waals surface area contributed by atoms with Crippen molar-refractivity contribution in [2.24, 2.45) is 0 Å². The van der Waals surface area contributed by atoms with Gasteiger partial charge in [0, 0.05) is 5.33 Å². The summed E-state index contributed by atoms with van der Waals surface area (Å²) in [6.07, 6.45) is 3.65. The fourth-order valence-electron chi connectivity index (χ4n) is 1.01. The first-order valence-electron chi connectivity index (χ1n) is 3.94. The van der Waals surface area contributed by atoms with Gasteiger partial charge in [-0.3, -0.25) is 0 Å². The first-order valence-corrected chi connectivity index (χ1v) is 5.06. The molecule has 0 saturated heterocycles. The van der Waals surface area contributed by atoms with Crippen LogP contribution in [-0.4, -0.2) is 21.5 Å². The molecule has 0 unspecified atom stereocenters. The third kappa shape index (κ3) is 2.60. The molecule has 0 aromatic heterocycles. The molecule has 0 aliphatic rings. The third-order valence-electron chi connectivity index (χ3n) is 1.65. The van der Waals surface area contributed by atoms with Gasteiger partial charge in [-0.05, 0) is 17.7 Å². The number of aromatic carboxylic acids is 1. The summed E-state index contributed by atoms with van der Waals surface area (Å²) in [5, 5.41) is 18.7. The number of rotatable bonds is 3. The number of carboxylic acid groups (broad SMARTS) is 1. The minimum Gasteiger partial charge on any atom is -0.507 e. The number of alkyl halides is 1. The maximum atomic E-state index is 10.6. The van der Waals surface area contributed by atoms with Crippen LogP contribution in [0.15, 0.2) is 24.3 Å². The Hall–Kier alpha value is -1.29. The van der Waals surface area contributed by atoms with Crippen LogP contribution < -0.4 is 0 Å². The van der Waals surface area contributed by atoms with Crippen molar-refractivity contribution < 1.29 is 15.0 Å². The minimum absolute atomic E-state index is 0.0824. The smallest absolute Gasteiger partial charge is 0.339 e. The number of allylic oxidation sites excluding steroid dienone is 1. The lowest BCUT2D eigenvalue weighted by molar-refractivity contribution is 0.0694. The summed E-state index contributed by atoms with van der Waals surface area (Å²) in [6, 6.07) is 4.44. The first kappa shape index (κ1) is 10.8. The molecule has 0 heterocycles. The Kier molecular flexibility index (Phi) is 3.71. The maximum Gasteiger partial charge on any atom is 0.339 e. The molecule has 2 N–H and O–H groups in total. The quantitative estimate of drug-likeness (QED) is 0.818. The summed E-state index contributed by atoms with van der Waals surface area (Å²) < 4.78 is 0. The highest BCUT2D eigenvalue weighted by Crippen LogP contribution is 2.19. The van der Waals surface area contributed by atoms with Crippen molar-refractivity contribution in [2.75, 3.05) is 5.33 Å². The maximum absolute atomic E-state index is 10.6. The van der Waals surface area contributed by atoms with Crippen molar-refractivity contribution in [3.63, 3.8) is 0 Å². The Morgan fingerprint density at radius 1 is 1.50 bits per heavy atom. The van der Waals surface area contributed by atoms with Gasteiger partial charge in [0.05, 0.1) is 0 Å². The number of halogens is 1. The van der Waals surface area contributed by atoms with Gasteiger partial charge in [0.25, 0.3) is 0 Å². The van der Waals surface area contributed by atoms with Crippen molar-refractivity contribution in [3.05, 3.63) is 35.4 Å². The predicted molar refractivity (Wildman–Crippen MR) is 57.9 cm³/mol.